The van der Waals surface area contributed by atoms with Crippen molar-refractivity contribution in [3.05, 3.63) is 54.1 Å². The quantitative estimate of drug-likeness (QED) is 0.899. The molecule has 0 radical (unpaired) electrons. The van der Waals surface area contributed by atoms with E-state index in [1.54, 1.807) is 42.5 Å². The van der Waals surface area contributed by atoms with Crippen molar-refractivity contribution in [3.63, 3.8) is 0 Å². The van der Waals surface area contributed by atoms with Gasteiger partial charge in [-0.15, -0.1) is 0 Å². The minimum atomic E-state index is -0.796. The fraction of sp³-hybridized carbons (Fsp3) is 0.125. The Labute approximate surface area is 126 Å². The summed E-state index contributed by atoms with van der Waals surface area (Å²) in [5.41, 5.74) is 5.88. The fourth-order valence-corrected chi connectivity index (χ4v) is 2.17. The number of rotatable bonds is 3. The van der Waals surface area contributed by atoms with E-state index in [0.717, 1.165) is 0 Å². The van der Waals surface area contributed by atoms with Crippen molar-refractivity contribution < 1.29 is 19.1 Å². The van der Waals surface area contributed by atoms with Gasteiger partial charge in [0, 0.05) is 0 Å². The third-order valence-electron chi connectivity index (χ3n) is 3.25. The van der Waals surface area contributed by atoms with Crippen molar-refractivity contribution in [2.24, 2.45) is 5.73 Å². The zero-order valence-electron chi connectivity index (χ0n) is 11.6. The van der Waals surface area contributed by atoms with Crippen LogP contribution < -0.4 is 20.5 Å². The van der Waals surface area contributed by atoms with Crippen LogP contribution in [0.15, 0.2) is 48.5 Å². The zero-order chi connectivity index (χ0) is 15.5. The lowest BCUT2D eigenvalue weighted by Crippen LogP contribution is -2.40. The highest BCUT2D eigenvalue weighted by Gasteiger charge is 2.27. The first-order valence-electron chi connectivity index (χ1n) is 6.73. The third-order valence-corrected chi connectivity index (χ3v) is 3.25. The van der Waals surface area contributed by atoms with E-state index in [-0.39, 0.29) is 12.2 Å². The van der Waals surface area contributed by atoms with E-state index in [0.29, 0.717) is 17.2 Å². The molecule has 0 unspecified atom stereocenters. The van der Waals surface area contributed by atoms with Crippen LogP contribution in [0.1, 0.15) is 10.4 Å². The minimum Gasteiger partial charge on any atom is -0.485 e. The maximum Gasteiger partial charge on any atom is 0.269 e. The Morgan fingerprint density at radius 3 is 2.50 bits per heavy atom. The number of carbonyl (C=O) groups is 2. The first kappa shape index (κ1) is 13.9. The molecule has 2 aromatic rings. The molecule has 2 amide bonds. The van der Waals surface area contributed by atoms with Gasteiger partial charge in [0.05, 0.1) is 11.3 Å². The molecule has 0 bridgehead atoms. The van der Waals surface area contributed by atoms with Crippen LogP contribution in [0.3, 0.4) is 0 Å². The van der Waals surface area contributed by atoms with E-state index in [4.69, 9.17) is 15.2 Å². The lowest BCUT2D eigenvalue weighted by Gasteiger charge is -2.25. The van der Waals surface area contributed by atoms with Gasteiger partial charge in [-0.1, -0.05) is 24.3 Å². The number of hydrogen-bond donors (Lipinski definition) is 2. The number of anilines is 1. The average molecular weight is 298 g/mol. The van der Waals surface area contributed by atoms with Crippen LogP contribution in [-0.4, -0.2) is 24.5 Å². The summed E-state index contributed by atoms with van der Waals surface area (Å²) < 4.78 is 11.1. The van der Waals surface area contributed by atoms with Crippen molar-refractivity contribution in [1.29, 1.82) is 0 Å². The van der Waals surface area contributed by atoms with Crippen LogP contribution in [-0.2, 0) is 4.79 Å². The molecule has 0 fully saturated rings. The molecule has 3 N–H and O–H groups in total. The molecule has 112 valence electrons. The van der Waals surface area contributed by atoms with Crippen molar-refractivity contribution in [2.75, 3.05) is 11.9 Å². The molecule has 22 heavy (non-hydrogen) atoms. The van der Waals surface area contributed by atoms with Crippen LogP contribution >= 0.6 is 0 Å². The van der Waals surface area contributed by atoms with Crippen molar-refractivity contribution >= 4 is 17.5 Å². The smallest absolute Gasteiger partial charge is 0.269 e. The highest BCUT2D eigenvalue weighted by Crippen LogP contribution is 2.31. The SMILES string of the molecule is NC(=O)c1ccccc1NC(=O)[C@H]1COc2ccccc2O1. The number of nitrogens with one attached hydrogen (secondary N) is 1. The number of hydrogen-bond acceptors (Lipinski definition) is 4. The largest absolute Gasteiger partial charge is 0.485 e. The minimum absolute atomic E-state index is 0.0988. The highest BCUT2D eigenvalue weighted by atomic mass is 16.6. The van der Waals surface area contributed by atoms with E-state index in [2.05, 4.69) is 5.32 Å². The molecule has 1 aliphatic rings. The molecule has 0 spiro atoms. The second-order valence-corrected chi connectivity index (χ2v) is 4.76. The van der Waals surface area contributed by atoms with Crippen molar-refractivity contribution in [1.82, 2.24) is 0 Å². The van der Waals surface area contributed by atoms with Crippen LogP contribution in [0.25, 0.3) is 0 Å². The number of ether oxygens (including phenoxy) is 2. The molecular weight excluding hydrogens is 284 g/mol. The Hall–Kier alpha value is -3.02. The zero-order valence-corrected chi connectivity index (χ0v) is 11.6. The number of para-hydroxylation sites is 3. The predicted molar refractivity (Wildman–Crippen MR) is 79.9 cm³/mol. The molecule has 0 aromatic heterocycles. The monoisotopic (exact) mass is 298 g/mol. The van der Waals surface area contributed by atoms with Crippen LogP contribution in [0.5, 0.6) is 11.5 Å². The van der Waals surface area contributed by atoms with E-state index in [1.165, 1.54) is 0 Å². The molecule has 6 nitrogen and oxygen atoms in total. The van der Waals surface area contributed by atoms with Crippen molar-refractivity contribution in [2.45, 2.75) is 6.10 Å². The second-order valence-electron chi connectivity index (χ2n) is 4.76. The molecule has 6 heteroatoms. The van der Waals surface area contributed by atoms with Gasteiger partial charge in [-0.3, -0.25) is 9.59 Å². The van der Waals surface area contributed by atoms with Crippen LogP contribution in [0.2, 0.25) is 0 Å². The Morgan fingerprint density at radius 2 is 1.73 bits per heavy atom. The summed E-state index contributed by atoms with van der Waals surface area (Å²) in [7, 11) is 0. The van der Waals surface area contributed by atoms with Gasteiger partial charge in [0.1, 0.15) is 6.61 Å². The van der Waals surface area contributed by atoms with Gasteiger partial charge >= 0.3 is 0 Å². The number of nitrogens with two attached hydrogens (primary N) is 1. The van der Waals surface area contributed by atoms with Gasteiger partial charge in [0.15, 0.2) is 11.5 Å². The lowest BCUT2D eigenvalue weighted by molar-refractivity contribution is -0.125. The lowest BCUT2D eigenvalue weighted by atomic mass is 10.1. The Balaban J connectivity index is 1.75. The molecule has 3 rings (SSSR count). The van der Waals surface area contributed by atoms with E-state index in [9.17, 15) is 9.59 Å². The molecule has 1 aliphatic heterocycles. The first-order chi connectivity index (χ1) is 10.6. The topological polar surface area (TPSA) is 90.7 Å². The average Bonchev–Trinajstić information content (AvgIpc) is 2.54. The summed E-state index contributed by atoms with van der Waals surface area (Å²) >= 11 is 0. The number of amides is 2. The molecular formula is C16H14N2O4. The van der Waals surface area contributed by atoms with Gasteiger partial charge < -0.3 is 20.5 Å². The predicted octanol–water partition coefficient (Wildman–Crippen LogP) is 1.56. The normalized spacial score (nSPS) is 15.9. The summed E-state index contributed by atoms with van der Waals surface area (Å²) in [6.07, 6.45) is -0.796. The number of primary amides is 1. The summed E-state index contributed by atoms with van der Waals surface area (Å²) in [6, 6.07) is 13.7. The summed E-state index contributed by atoms with van der Waals surface area (Å²) in [5.74, 6) is 0.103. The van der Waals surface area contributed by atoms with Crippen LogP contribution in [0.4, 0.5) is 5.69 Å². The summed E-state index contributed by atoms with van der Waals surface area (Å²) in [5, 5.41) is 2.65. The standard InChI is InChI=1S/C16H14N2O4/c17-15(19)10-5-1-2-6-11(10)18-16(20)14-9-21-12-7-3-4-8-13(12)22-14/h1-8,14H,9H2,(H2,17,19)(H,18,20)/t14-/m1/s1. The number of carbonyl (C=O) groups excluding carboxylic acids is 2. The van der Waals surface area contributed by atoms with Crippen LogP contribution in [0, 0.1) is 0 Å². The maximum absolute atomic E-state index is 12.3. The third kappa shape index (κ3) is 2.71. The molecule has 0 saturated carbocycles. The molecule has 1 atom stereocenters. The number of fused-ring (bicyclic) bond motifs is 1. The van der Waals surface area contributed by atoms with Gasteiger partial charge in [0.2, 0.25) is 6.10 Å². The van der Waals surface area contributed by atoms with E-state index in [1.807, 2.05) is 6.07 Å². The highest BCUT2D eigenvalue weighted by molar-refractivity contribution is 6.04. The van der Waals surface area contributed by atoms with Gasteiger partial charge in [-0.25, -0.2) is 0 Å². The fourth-order valence-electron chi connectivity index (χ4n) is 2.17. The van der Waals surface area contributed by atoms with Gasteiger partial charge in [-0.05, 0) is 24.3 Å². The first-order valence-corrected chi connectivity index (χ1v) is 6.73. The van der Waals surface area contributed by atoms with E-state index >= 15 is 0 Å². The Bertz CT molecular complexity index is 730. The Kier molecular flexibility index (Phi) is 3.65. The van der Waals surface area contributed by atoms with Gasteiger partial charge in [-0.2, -0.15) is 0 Å². The number of benzene rings is 2. The van der Waals surface area contributed by atoms with Crippen molar-refractivity contribution in [3.8, 4) is 11.5 Å². The van der Waals surface area contributed by atoms with E-state index < -0.39 is 17.9 Å². The molecule has 1 heterocycles. The summed E-state index contributed by atoms with van der Waals surface area (Å²) in [4.78, 5) is 23.6. The second kappa shape index (κ2) is 5.77. The molecule has 0 saturated heterocycles. The summed E-state index contributed by atoms with van der Waals surface area (Å²) in [6.45, 7) is 0.0988. The molecule has 0 aliphatic carbocycles. The Morgan fingerprint density at radius 1 is 1.05 bits per heavy atom. The van der Waals surface area contributed by atoms with Gasteiger partial charge in [0.25, 0.3) is 11.8 Å². The molecule has 2 aromatic carbocycles. The maximum atomic E-state index is 12.3.